The highest BCUT2D eigenvalue weighted by Gasteiger charge is 2.27. The summed E-state index contributed by atoms with van der Waals surface area (Å²) in [7, 11) is 0. The predicted molar refractivity (Wildman–Crippen MR) is 53.0 cm³/mol. The molecule has 0 saturated heterocycles. The molecule has 1 aliphatic heterocycles. The zero-order valence-corrected chi connectivity index (χ0v) is 8.21. The van der Waals surface area contributed by atoms with Crippen LogP contribution >= 0.6 is 0 Å². The molecule has 4 heteroatoms. The average molecular weight is 207 g/mol. The van der Waals surface area contributed by atoms with E-state index < -0.39 is 0 Å². The second kappa shape index (κ2) is 3.85. The average Bonchev–Trinajstić information content (AvgIpc) is 2.56. The lowest BCUT2D eigenvalue weighted by Gasteiger charge is -2.11. The fourth-order valence-electron chi connectivity index (χ4n) is 1.64. The van der Waals surface area contributed by atoms with Crippen LogP contribution < -0.4 is 5.32 Å². The zero-order chi connectivity index (χ0) is 10.8. The standard InChI is InChI=1S/C11H10FNO2/c1-2-15-11-8-4-3-7(12)5-9(8)10(6-14)13-11/h3-5,11,13H,2H2,1H3. The van der Waals surface area contributed by atoms with Gasteiger partial charge in [-0.3, -0.25) is 0 Å². The first-order chi connectivity index (χ1) is 7.26. The van der Waals surface area contributed by atoms with Gasteiger partial charge in [0, 0.05) is 17.7 Å². The van der Waals surface area contributed by atoms with Crippen LogP contribution in [0.1, 0.15) is 24.3 Å². The molecule has 2 rings (SSSR count). The first-order valence-corrected chi connectivity index (χ1v) is 4.69. The topological polar surface area (TPSA) is 38.3 Å². The van der Waals surface area contributed by atoms with E-state index >= 15 is 0 Å². The number of hydrogen-bond donors (Lipinski definition) is 1. The lowest BCUT2D eigenvalue weighted by molar-refractivity contribution is 0.0545. The maximum Gasteiger partial charge on any atom is 0.155 e. The number of fused-ring (bicyclic) bond motifs is 1. The molecule has 0 bridgehead atoms. The van der Waals surface area contributed by atoms with Crippen molar-refractivity contribution in [2.24, 2.45) is 0 Å². The van der Waals surface area contributed by atoms with Crippen LogP contribution in [0.5, 0.6) is 0 Å². The summed E-state index contributed by atoms with van der Waals surface area (Å²) in [6.45, 7) is 2.37. The van der Waals surface area contributed by atoms with Crippen LogP contribution in [0.3, 0.4) is 0 Å². The van der Waals surface area contributed by atoms with Crippen LogP contribution in [0.15, 0.2) is 18.2 Å². The summed E-state index contributed by atoms with van der Waals surface area (Å²) in [6.07, 6.45) is -0.373. The van der Waals surface area contributed by atoms with Gasteiger partial charge >= 0.3 is 0 Å². The van der Waals surface area contributed by atoms with Gasteiger partial charge in [0.1, 0.15) is 11.5 Å². The highest BCUT2D eigenvalue weighted by molar-refractivity contribution is 5.89. The third-order valence-electron chi connectivity index (χ3n) is 2.28. The summed E-state index contributed by atoms with van der Waals surface area (Å²) in [4.78, 5) is 10.6. The maximum absolute atomic E-state index is 13.0. The predicted octanol–water partition coefficient (Wildman–Crippen LogP) is 1.64. The van der Waals surface area contributed by atoms with E-state index in [1.165, 1.54) is 12.1 Å². The molecule has 1 N–H and O–H groups in total. The normalized spacial score (nSPS) is 18.3. The van der Waals surface area contributed by atoms with Crippen molar-refractivity contribution in [3.63, 3.8) is 0 Å². The van der Waals surface area contributed by atoms with E-state index in [0.717, 1.165) is 5.56 Å². The number of carbonyl (C=O) groups excluding carboxylic acids is 1. The van der Waals surface area contributed by atoms with Crippen molar-refractivity contribution in [1.82, 2.24) is 5.32 Å². The van der Waals surface area contributed by atoms with Crippen molar-refractivity contribution in [1.29, 1.82) is 0 Å². The van der Waals surface area contributed by atoms with E-state index in [4.69, 9.17) is 4.74 Å². The van der Waals surface area contributed by atoms with Gasteiger partial charge in [-0.1, -0.05) is 6.07 Å². The zero-order valence-electron chi connectivity index (χ0n) is 8.21. The third kappa shape index (κ3) is 1.65. The second-order valence-electron chi connectivity index (χ2n) is 3.19. The summed E-state index contributed by atoms with van der Waals surface area (Å²) in [5.74, 6) is 1.37. The van der Waals surface area contributed by atoms with Gasteiger partial charge in [-0.2, -0.15) is 0 Å². The van der Waals surface area contributed by atoms with Crippen LogP contribution in [0.25, 0.3) is 5.70 Å². The summed E-state index contributed by atoms with van der Waals surface area (Å²) < 4.78 is 18.3. The van der Waals surface area contributed by atoms with E-state index in [-0.39, 0.29) is 17.7 Å². The van der Waals surface area contributed by atoms with Gasteiger partial charge in [-0.15, -0.1) is 0 Å². The van der Waals surface area contributed by atoms with Crippen molar-refractivity contribution < 1.29 is 13.9 Å². The quantitative estimate of drug-likeness (QED) is 0.749. The molecule has 15 heavy (non-hydrogen) atoms. The Labute approximate surface area is 86.6 Å². The van der Waals surface area contributed by atoms with Gasteiger partial charge in [0.2, 0.25) is 0 Å². The number of rotatable bonds is 2. The number of ether oxygens (including phenoxy) is 1. The van der Waals surface area contributed by atoms with Gasteiger partial charge < -0.3 is 10.1 Å². The van der Waals surface area contributed by atoms with Crippen LogP contribution in [-0.4, -0.2) is 12.5 Å². The van der Waals surface area contributed by atoms with Crippen LogP contribution in [0.4, 0.5) is 4.39 Å². The smallest absolute Gasteiger partial charge is 0.155 e. The molecule has 0 radical (unpaired) electrons. The van der Waals surface area contributed by atoms with Crippen LogP contribution in [0, 0.1) is 5.82 Å². The summed E-state index contributed by atoms with van der Waals surface area (Å²) in [5.41, 5.74) is 1.56. The highest BCUT2D eigenvalue weighted by Crippen LogP contribution is 2.32. The molecule has 1 heterocycles. The van der Waals surface area contributed by atoms with Gasteiger partial charge in [-0.05, 0) is 19.1 Å². The lowest BCUT2D eigenvalue weighted by atomic mass is 10.1. The number of benzene rings is 1. The fraction of sp³-hybridized carbons (Fsp3) is 0.273. The molecule has 0 aromatic heterocycles. The van der Waals surface area contributed by atoms with Crippen molar-refractivity contribution in [3.8, 4) is 0 Å². The number of nitrogens with one attached hydrogen (secondary N) is 1. The molecule has 1 unspecified atom stereocenters. The van der Waals surface area contributed by atoms with E-state index in [2.05, 4.69) is 5.32 Å². The molecule has 0 fully saturated rings. The lowest BCUT2D eigenvalue weighted by Crippen LogP contribution is -2.15. The van der Waals surface area contributed by atoms with E-state index in [1.54, 1.807) is 12.0 Å². The Kier molecular flexibility index (Phi) is 2.54. The van der Waals surface area contributed by atoms with Crippen molar-refractivity contribution in [3.05, 3.63) is 35.1 Å². The van der Waals surface area contributed by atoms with Crippen LogP contribution in [0.2, 0.25) is 0 Å². The summed E-state index contributed by atoms with van der Waals surface area (Å²) in [5, 5.41) is 2.84. The highest BCUT2D eigenvalue weighted by atomic mass is 19.1. The van der Waals surface area contributed by atoms with Crippen LogP contribution in [-0.2, 0) is 9.53 Å². The molecule has 0 spiro atoms. The van der Waals surface area contributed by atoms with Gasteiger partial charge in [0.05, 0.1) is 0 Å². The number of halogens is 1. The molecule has 0 amide bonds. The Balaban J connectivity index is 2.47. The van der Waals surface area contributed by atoms with E-state index in [9.17, 15) is 9.18 Å². The van der Waals surface area contributed by atoms with E-state index in [1.807, 2.05) is 6.92 Å². The minimum atomic E-state index is -0.375. The first kappa shape index (κ1) is 9.90. The largest absolute Gasteiger partial charge is 0.354 e. The Morgan fingerprint density at radius 2 is 2.40 bits per heavy atom. The molecule has 0 aliphatic carbocycles. The number of hydrogen-bond acceptors (Lipinski definition) is 3. The molecular formula is C11H10FNO2. The van der Waals surface area contributed by atoms with Gasteiger partial charge in [0.25, 0.3) is 0 Å². The Hall–Kier alpha value is -1.64. The minimum absolute atomic E-state index is 0.253. The first-order valence-electron chi connectivity index (χ1n) is 4.69. The van der Waals surface area contributed by atoms with Gasteiger partial charge in [-0.25, -0.2) is 9.18 Å². The van der Waals surface area contributed by atoms with Crippen molar-refractivity contribution >= 4 is 11.6 Å². The Bertz CT molecular complexity index is 438. The fourth-order valence-corrected chi connectivity index (χ4v) is 1.64. The minimum Gasteiger partial charge on any atom is -0.354 e. The summed E-state index contributed by atoms with van der Waals surface area (Å²) in [6, 6.07) is 4.27. The SMILES string of the molecule is CCOC1NC(=C=O)c2cc(F)ccc21. The molecule has 78 valence electrons. The summed E-state index contributed by atoms with van der Waals surface area (Å²) >= 11 is 0. The van der Waals surface area contributed by atoms with Gasteiger partial charge in [0.15, 0.2) is 12.2 Å². The van der Waals surface area contributed by atoms with Crippen molar-refractivity contribution in [2.75, 3.05) is 6.61 Å². The molecule has 1 aromatic rings. The maximum atomic E-state index is 13.0. The van der Waals surface area contributed by atoms with Crippen molar-refractivity contribution in [2.45, 2.75) is 13.2 Å². The monoisotopic (exact) mass is 207 g/mol. The molecule has 1 aliphatic rings. The second-order valence-corrected chi connectivity index (χ2v) is 3.19. The Morgan fingerprint density at radius 3 is 3.07 bits per heavy atom. The molecule has 0 saturated carbocycles. The Morgan fingerprint density at radius 1 is 1.60 bits per heavy atom. The van der Waals surface area contributed by atoms with E-state index in [0.29, 0.717) is 12.2 Å². The molecule has 1 atom stereocenters. The molecule has 1 aromatic carbocycles. The molecular weight excluding hydrogens is 197 g/mol. The molecule has 3 nitrogen and oxygen atoms in total. The third-order valence-corrected chi connectivity index (χ3v) is 2.28.